The average molecular weight is 375 g/mol. The summed E-state index contributed by atoms with van der Waals surface area (Å²) in [6.45, 7) is 5.69. The fourth-order valence-electron chi connectivity index (χ4n) is 3.94. The van der Waals surface area contributed by atoms with Crippen LogP contribution in [0.3, 0.4) is 0 Å². The van der Waals surface area contributed by atoms with Gasteiger partial charge in [0.25, 0.3) is 5.91 Å². The van der Waals surface area contributed by atoms with Crippen molar-refractivity contribution in [3.05, 3.63) is 34.7 Å². The molecule has 1 atom stereocenters. The molecule has 1 N–H and O–H groups in total. The molecule has 3 rings (SSSR count). The number of ether oxygens (including phenoxy) is 1. The third kappa shape index (κ3) is 4.45. The van der Waals surface area contributed by atoms with Crippen LogP contribution in [0.15, 0.2) is 24.3 Å². The van der Waals surface area contributed by atoms with E-state index in [0.717, 1.165) is 17.8 Å². The summed E-state index contributed by atoms with van der Waals surface area (Å²) in [4.78, 5) is 16.3. The molecule has 0 aliphatic carbocycles. The third-order valence-corrected chi connectivity index (χ3v) is 6.41. The van der Waals surface area contributed by atoms with Gasteiger partial charge in [0.15, 0.2) is 0 Å². The zero-order chi connectivity index (χ0) is 18.4. The molecule has 1 fully saturated rings. The van der Waals surface area contributed by atoms with Crippen LogP contribution in [0.2, 0.25) is 0 Å². The number of likely N-dealkylation sites (tertiary alicyclic amines) is 1. The highest BCUT2D eigenvalue weighted by molar-refractivity contribution is 7.21. The van der Waals surface area contributed by atoms with Gasteiger partial charge in [-0.25, -0.2) is 0 Å². The van der Waals surface area contributed by atoms with Crippen LogP contribution in [0, 0.1) is 0 Å². The van der Waals surface area contributed by atoms with Crippen LogP contribution >= 0.6 is 11.3 Å². The van der Waals surface area contributed by atoms with Gasteiger partial charge in [-0.1, -0.05) is 31.5 Å². The van der Waals surface area contributed by atoms with E-state index < -0.39 is 0 Å². The van der Waals surface area contributed by atoms with Crippen LogP contribution in [0.5, 0.6) is 0 Å². The van der Waals surface area contributed by atoms with Gasteiger partial charge in [0.1, 0.15) is 0 Å². The van der Waals surface area contributed by atoms with E-state index in [1.54, 1.807) is 18.4 Å². The molecule has 1 aliphatic heterocycles. The fourth-order valence-corrected chi connectivity index (χ4v) is 5.09. The smallest absolute Gasteiger partial charge is 0.261 e. The van der Waals surface area contributed by atoms with Crippen molar-refractivity contribution in [2.75, 3.05) is 33.4 Å². The predicted molar refractivity (Wildman–Crippen MR) is 109 cm³/mol. The Labute approximate surface area is 160 Å². The number of fused-ring (bicyclic) bond motifs is 1. The minimum atomic E-state index is 0.0381. The Hall–Kier alpha value is -1.43. The Morgan fingerprint density at radius 3 is 3.00 bits per heavy atom. The van der Waals surface area contributed by atoms with E-state index >= 15 is 0 Å². The molecule has 1 aromatic carbocycles. The Morgan fingerprint density at radius 1 is 1.35 bits per heavy atom. The van der Waals surface area contributed by atoms with Crippen molar-refractivity contribution >= 4 is 27.3 Å². The lowest BCUT2D eigenvalue weighted by Crippen LogP contribution is -2.41. The molecule has 142 valence electrons. The van der Waals surface area contributed by atoms with E-state index in [9.17, 15) is 4.79 Å². The van der Waals surface area contributed by atoms with E-state index in [1.165, 1.54) is 47.9 Å². The van der Waals surface area contributed by atoms with Gasteiger partial charge in [0.2, 0.25) is 0 Å². The molecule has 5 heteroatoms. The number of amides is 1. The number of rotatable bonds is 8. The van der Waals surface area contributed by atoms with Crippen molar-refractivity contribution in [1.82, 2.24) is 10.2 Å². The first-order valence-electron chi connectivity index (χ1n) is 9.76. The van der Waals surface area contributed by atoms with Gasteiger partial charge < -0.3 is 15.0 Å². The number of nitrogens with one attached hydrogen (secondary N) is 1. The molecule has 1 aromatic heterocycles. The number of carbonyl (C=O) groups excluding carboxylic acids is 1. The topological polar surface area (TPSA) is 41.6 Å². The Balaban J connectivity index is 1.87. The highest BCUT2D eigenvalue weighted by Crippen LogP contribution is 2.34. The zero-order valence-corrected chi connectivity index (χ0v) is 16.7. The van der Waals surface area contributed by atoms with E-state index in [0.29, 0.717) is 19.2 Å². The van der Waals surface area contributed by atoms with Crippen molar-refractivity contribution in [1.29, 1.82) is 0 Å². The molecule has 1 saturated heterocycles. The maximum Gasteiger partial charge on any atom is 0.261 e. The maximum atomic E-state index is 12.8. The summed E-state index contributed by atoms with van der Waals surface area (Å²) in [6.07, 6.45) is 5.98. The van der Waals surface area contributed by atoms with Crippen molar-refractivity contribution in [3.8, 4) is 0 Å². The first kappa shape index (κ1) is 19.3. The number of benzene rings is 1. The summed E-state index contributed by atoms with van der Waals surface area (Å²) < 4.78 is 6.27. The van der Waals surface area contributed by atoms with Crippen LogP contribution in [0.4, 0.5) is 0 Å². The van der Waals surface area contributed by atoms with Gasteiger partial charge in [-0.3, -0.25) is 4.79 Å². The summed E-state index contributed by atoms with van der Waals surface area (Å²) in [6, 6.07) is 8.97. The number of piperidine rings is 1. The number of thiophene rings is 1. The minimum Gasteiger partial charge on any atom is -0.383 e. The molecule has 0 saturated carbocycles. The zero-order valence-electron chi connectivity index (χ0n) is 15.9. The van der Waals surface area contributed by atoms with Crippen LogP contribution in [0.1, 0.15) is 47.8 Å². The average Bonchev–Trinajstić information content (AvgIpc) is 3.02. The largest absolute Gasteiger partial charge is 0.383 e. The van der Waals surface area contributed by atoms with Gasteiger partial charge in [-0.05, 0) is 55.8 Å². The first-order chi connectivity index (χ1) is 12.7. The lowest BCUT2D eigenvalue weighted by atomic mass is 9.94. The number of methoxy groups -OCH3 is 1. The van der Waals surface area contributed by atoms with Crippen molar-refractivity contribution in [2.45, 2.75) is 45.1 Å². The second kappa shape index (κ2) is 9.49. The molecule has 0 radical (unpaired) electrons. The molecule has 2 heterocycles. The van der Waals surface area contributed by atoms with E-state index in [-0.39, 0.29) is 5.91 Å². The monoisotopic (exact) mass is 374 g/mol. The van der Waals surface area contributed by atoms with Crippen LogP contribution in [0.25, 0.3) is 10.1 Å². The highest BCUT2D eigenvalue weighted by atomic mass is 32.1. The molecular weight excluding hydrogens is 344 g/mol. The number of nitrogens with zero attached hydrogens (tertiary/aromatic N) is 1. The summed E-state index contributed by atoms with van der Waals surface area (Å²) in [5.74, 6) is 0.0381. The van der Waals surface area contributed by atoms with Crippen LogP contribution in [-0.2, 0) is 11.2 Å². The quantitative estimate of drug-likeness (QED) is 0.708. The third-order valence-electron chi connectivity index (χ3n) is 5.20. The number of carbonyl (C=O) groups is 1. The Morgan fingerprint density at radius 2 is 2.19 bits per heavy atom. The van der Waals surface area contributed by atoms with Crippen LogP contribution in [-0.4, -0.2) is 50.2 Å². The highest BCUT2D eigenvalue weighted by Gasteiger charge is 2.26. The molecule has 1 aliphatic rings. The summed E-state index contributed by atoms with van der Waals surface area (Å²) in [5.41, 5.74) is 1.23. The summed E-state index contributed by atoms with van der Waals surface area (Å²) in [7, 11) is 1.66. The van der Waals surface area contributed by atoms with Gasteiger partial charge >= 0.3 is 0 Å². The molecule has 26 heavy (non-hydrogen) atoms. The van der Waals surface area contributed by atoms with Crippen LogP contribution < -0.4 is 5.32 Å². The lowest BCUT2D eigenvalue weighted by Gasteiger charge is -2.35. The second-order valence-electron chi connectivity index (χ2n) is 7.04. The van der Waals surface area contributed by atoms with E-state index in [2.05, 4.69) is 41.4 Å². The maximum absolute atomic E-state index is 12.8. The van der Waals surface area contributed by atoms with Crippen molar-refractivity contribution < 1.29 is 9.53 Å². The van der Waals surface area contributed by atoms with Crippen molar-refractivity contribution in [2.24, 2.45) is 0 Å². The molecule has 4 nitrogen and oxygen atoms in total. The van der Waals surface area contributed by atoms with E-state index in [4.69, 9.17) is 4.74 Å². The number of hydrogen-bond donors (Lipinski definition) is 1. The van der Waals surface area contributed by atoms with Gasteiger partial charge in [0, 0.05) is 24.4 Å². The normalized spacial score (nSPS) is 18.3. The minimum absolute atomic E-state index is 0.0381. The summed E-state index contributed by atoms with van der Waals surface area (Å²) >= 11 is 1.62. The second-order valence-corrected chi connectivity index (χ2v) is 8.10. The summed E-state index contributed by atoms with van der Waals surface area (Å²) in [5, 5.41) is 4.25. The lowest BCUT2D eigenvalue weighted by molar-refractivity contribution is 0.0939. The standard InChI is InChI=1S/C21H30N2O2S/c1-3-12-23-13-7-6-8-16(23)15-18-17-9-4-5-10-19(17)26-20(18)21(24)22-11-14-25-2/h4-5,9-10,16H,3,6-8,11-15H2,1-2H3,(H,22,24). The predicted octanol–water partition coefficient (Wildman–Crippen LogP) is 4.08. The van der Waals surface area contributed by atoms with Gasteiger partial charge in [-0.15, -0.1) is 11.3 Å². The first-order valence-corrected chi connectivity index (χ1v) is 10.6. The Bertz CT molecular complexity index is 726. The molecule has 1 unspecified atom stereocenters. The van der Waals surface area contributed by atoms with E-state index in [1.807, 2.05) is 0 Å². The molecule has 0 bridgehead atoms. The van der Waals surface area contributed by atoms with Gasteiger partial charge in [0.05, 0.1) is 11.5 Å². The Kier molecular flexibility index (Phi) is 7.06. The molecular formula is C21H30N2O2S. The molecule has 0 spiro atoms. The SMILES string of the molecule is CCCN1CCCCC1Cc1c(C(=O)NCCOC)sc2ccccc12. The van der Waals surface area contributed by atoms with Crippen molar-refractivity contribution in [3.63, 3.8) is 0 Å². The van der Waals surface area contributed by atoms with Gasteiger partial charge in [-0.2, -0.15) is 0 Å². The molecule has 1 amide bonds. The molecule has 2 aromatic rings. The number of hydrogen-bond acceptors (Lipinski definition) is 4. The fraction of sp³-hybridized carbons (Fsp3) is 0.571.